The summed E-state index contributed by atoms with van der Waals surface area (Å²) in [6.45, 7) is 0. The number of alkyl halides is 3. The van der Waals surface area contributed by atoms with Gasteiger partial charge in [-0.05, 0) is 24.3 Å². The minimum atomic E-state index is -5.18. The van der Waals surface area contributed by atoms with Crippen LogP contribution in [0.5, 0.6) is 5.75 Å². The second kappa shape index (κ2) is 4.80. The Bertz CT molecular complexity index is 810. The standard InChI is InChI=1S/C15H7F4NO3/c16-9-5-6-10(12(21)11(9)15(17,18)19)20-13(22)7-3-1-2-4-8(7)14(20)23/h1-6,21H. The predicted octanol–water partition coefficient (Wildman–Crippen LogP) is 3.35. The van der Waals surface area contributed by atoms with E-state index in [1.807, 2.05) is 0 Å². The second-order valence-corrected chi connectivity index (χ2v) is 4.78. The third kappa shape index (κ3) is 2.14. The van der Waals surface area contributed by atoms with Crippen LogP contribution in [0, 0.1) is 5.82 Å². The number of fused-ring (bicyclic) bond motifs is 1. The number of nitrogens with zero attached hydrogens (tertiary/aromatic N) is 1. The van der Waals surface area contributed by atoms with Gasteiger partial charge in [-0.25, -0.2) is 9.29 Å². The third-order valence-corrected chi connectivity index (χ3v) is 3.42. The van der Waals surface area contributed by atoms with E-state index in [0.29, 0.717) is 11.0 Å². The average molecular weight is 325 g/mol. The Labute approximate surface area is 126 Å². The Kier molecular flexibility index (Phi) is 3.13. The first-order valence-corrected chi connectivity index (χ1v) is 6.30. The van der Waals surface area contributed by atoms with Crippen LogP contribution < -0.4 is 4.90 Å². The summed E-state index contributed by atoms with van der Waals surface area (Å²) in [7, 11) is 0. The lowest BCUT2D eigenvalue weighted by Gasteiger charge is -2.19. The van der Waals surface area contributed by atoms with E-state index in [1.54, 1.807) is 0 Å². The van der Waals surface area contributed by atoms with Gasteiger partial charge < -0.3 is 5.11 Å². The van der Waals surface area contributed by atoms with E-state index in [4.69, 9.17) is 0 Å². The summed E-state index contributed by atoms with van der Waals surface area (Å²) in [5.74, 6) is -4.98. The number of aromatic hydroxyl groups is 1. The molecule has 1 heterocycles. The Balaban J connectivity index is 2.19. The molecule has 0 aromatic heterocycles. The van der Waals surface area contributed by atoms with E-state index in [2.05, 4.69) is 0 Å². The minimum absolute atomic E-state index is 0.00483. The van der Waals surface area contributed by atoms with Crippen LogP contribution >= 0.6 is 0 Å². The molecule has 0 saturated heterocycles. The number of phenolic OH excluding ortho intramolecular Hbond substituents is 1. The van der Waals surface area contributed by atoms with Crippen LogP contribution in [-0.4, -0.2) is 16.9 Å². The van der Waals surface area contributed by atoms with Gasteiger partial charge in [0.1, 0.15) is 11.4 Å². The van der Waals surface area contributed by atoms with Crippen molar-refractivity contribution >= 4 is 17.5 Å². The van der Waals surface area contributed by atoms with Crippen LogP contribution in [0.15, 0.2) is 36.4 Å². The molecule has 23 heavy (non-hydrogen) atoms. The molecular weight excluding hydrogens is 318 g/mol. The maximum atomic E-state index is 13.4. The largest absolute Gasteiger partial charge is 0.505 e. The molecule has 4 nitrogen and oxygen atoms in total. The van der Waals surface area contributed by atoms with Gasteiger partial charge in [0.25, 0.3) is 11.8 Å². The van der Waals surface area contributed by atoms with Gasteiger partial charge in [-0.3, -0.25) is 9.59 Å². The molecule has 2 aromatic rings. The van der Waals surface area contributed by atoms with Crippen molar-refractivity contribution in [2.45, 2.75) is 6.18 Å². The average Bonchev–Trinajstić information content (AvgIpc) is 2.71. The molecule has 0 atom stereocenters. The summed E-state index contributed by atoms with van der Waals surface area (Å²) >= 11 is 0. The summed E-state index contributed by atoms with van der Waals surface area (Å²) in [6.07, 6.45) is -5.18. The molecule has 0 saturated carbocycles. The number of rotatable bonds is 1. The molecule has 3 rings (SSSR count). The van der Waals surface area contributed by atoms with Crippen molar-refractivity contribution in [1.29, 1.82) is 0 Å². The molecule has 0 bridgehead atoms. The number of carbonyl (C=O) groups is 2. The van der Waals surface area contributed by atoms with Crippen molar-refractivity contribution in [3.63, 3.8) is 0 Å². The number of hydrogen-bond donors (Lipinski definition) is 1. The Morgan fingerprint density at radius 2 is 1.43 bits per heavy atom. The van der Waals surface area contributed by atoms with Gasteiger partial charge in [0.2, 0.25) is 0 Å². The van der Waals surface area contributed by atoms with E-state index in [9.17, 15) is 32.3 Å². The molecule has 2 aromatic carbocycles. The monoisotopic (exact) mass is 325 g/mol. The van der Waals surface area contributed by atoms with Gasteiger partial charge in [0, 0.05) is 0 Å². The zero-order valence-corrected chi connectivity index (χ0v) is 11.2. The summed E-state index contributed by atoms with van der Waals surface area (Å²) in [5, 5.41) is 9.77. The highest BCUT2D eigenvalue weighted by Gasteiger charge is 2.43. The molecule has 0 fully saturated rings. The molecule has 1 aliphatic rings. The lowest BCUT2D eigenvalue weighted by atomic mass is 10.1. The van der Waals surface area contributed by atoms with Gasteiger partial charge in [-0.2, -0.15) is 13.2 Å². The third-order valence-electron chi connectivity index (χ3n) is 3.42. The van der Waals surface area contributed by atoms with Crippen molar-refractivity contribution in [2.24, 2.45) is 0 Å². The van der Waals surface area contributed by atoms with Crippen molar-refractivity contribution < 1.29 is 32.3 Å². The normalized spacial score (nSPS) is 14.3. The van der Waals surface area contributed by atoms with E-state index < -0.39 is 40.8 Å². The fraction of sp³-hybridized carbons (Fsp3) is 0.0667. The number of halogens is 4. The molecule has 0 unspecified atom stereocenters. The predicted molar refractivity (Wildman–Crippen MR) is 70.6 cm³/mol. The molecular formula is C15H7F4NO3. The SMILES string of the molecule is O=C1c2ccccc2C(=O)N1c1ccc(F)c(C(F)(F)F)c1O. The van der Waals surface area contributed by atoms with Crippen molar-refractivity contribution in [2.75, 3.05) is 4.90 Å². The summed E-state index contributed by atoms with van der Waals surface area (Å²) in [6, 6.07) is 6.84. The van der Waals surface area contributed by atoms with Crippen molar-refractivity contribution in [3.05, 3.63) is 58.9 Å². The van der Waals surface area contributed by atoms with Crippen LogP contribution in [0.3, 0.4) is 0 Å². The maximum absolute atomic E-state index is 13.4. The Morgan fingerprint density at radius 1 is 0.913 bits per heavy atom. The molecule has 2 amide bonds. The molecule has 0 spiro atoms. The van der Waals surface area contributed by atoms with E-state index in [-0.39, 0.29) is 11.1 Å². The van der Waals surface area contributed by atoms with Crippen LogP contribution in [-0.2, 0) is 6.18 Å². The quantitative estimate of drug-likeness (QED) is 0.646. The number of amides is 2. The van der Waals surface area contributed by atoms with Gasteiger partial charge in [0.15, 0.2) is 5.75 Å². The summed E-state index contributed by atoms with van der Waals surface area (Å²) in [4.78, 5) is 24.8. The zero-order chi connectivity index (χ0) is 16.9. The first-order chi connectivity index (χ1) is 10.7. The smallest absolute Gasteiger partial charge is 0.422 e. The first-order valence-electron chi connectivity index (χ1n) is 6.30. The van der Waals surface area contributed by atoms with Crippen LogP contribution in [0.1, 0.15) is 26.3 Å². The maximum Gasteiger partial charge on any atom is 0.422 e. The van der Waals surface area contributed by atoms with E-state index in [1.165, 1.54) is 24.3 Å². The highest BCUT2D eigenvalue weighted by atomic mass is 19.4. The molecule has 118 valence electrons. The highest BCUT2D eigenvalue weighted by Crippen LogP contribution is 2.44. The van der Waals surface area contributed by atoms with Gasteiger partial charge in [-0.1, -0.05) is 12.1 Å². The number of benzene rings is 2. The fourth-order valence-electron chi connectivity index (χ4n) is 2.41. The molecule has 1 aliphatic heterocycles. The minimum Gasteiger partial charge on any atom is -0.505 e. The summed E-state index contributed by atoms with van der Waals surface area (Å²) in [5.41, 5.74) is -2.65. The number of phenols is 1. The van der Waals surface area contributed by atoms with Crippen LogP contribution in [0.25, 0.3) is 0 Å². The lowest BCUT2D eigenvalue weighted by molar-refractivity contribution is -0.141. The van der Waals surface area contributed by atoms with Crippen molar-refractivity contribution in [1.82, 2.24) is 0 Å². The van der Waals surface area contributed by atoms with Crippen LogP contribution in [0.2, 0.25) is 0 Å². The van der Waals surface area contributed by atoms with Gasteiger partial charge >= 0.3 is 6.18 Å². The van der Waals surface area contributed by atoms with Gasteiger partial charge in [-0.15, -0.1) is 0 Å². The first kappa shape index (κ1) is 15.0. The topological polar surface area (TPSA) is 57.6 Å². The van der Waals surface area contributed by atoms with Crippen LogP contribution in [0.4, 0.5) is 23.2 Å². The second-order valence-electron chi connectivity index (χ2n) is 4.78. The zero-order valence-electron chi connectivity index (χ0n) is 11.2. The molecule has 0 aliphatic carbocycles. The van der Waals surface area contributed by atoms with E-state index in [0.717, 1.165) is 6.07 Å². The number of carbonyl (C=O) groups excluding carboxylic acids is 2. The number of imide groups is 1. The van der Waals surface area contributed by atoms with E-state index >= 15 is 0 Å². The number of hydrogen-bond acceptors (Lipinski definition) is 3. The summed E-state index contributed by atoms with van der Waals surface area (Å²) < 4.78 is 51.9. The lowest BCUT2D eigenvalue weighted by Crippen LogP contribution is -2.30. The Morgan fingerprint density at radius 3 is 1.91 bits per heavy atom. The number of anilines is 1. The highest BCUT2D eigenvalue weighted by molar-refractivity contribution is 6.34. The fourth-order valence-corrected chi connectivity index (χ4v) is 2.41. The Hall–Kier alpha value is -2.90. The van der Waals surface area contributed by atoms with Crippen molar-refractivity contribution in [3.8, 4) is 5.75 Å². The molecule has 0 radical (unpaired) electrons. The molecule has 8 heteroatoms. The molecule has 1 N–H and O–H groups in total. The van der Waals surface area contributed by atoms with Gasteiger partial charge in [0.05, 0.1) is 16.8 Å².